The van der Waals surface area contributed by atoms with E-state index in [1.54, 1.807) is 0 Å². The fourth-order valence-electron chi connectivity index (χ4n) is 4.75. The van der Waals surface area contributed by atoms with Crippen LogP contribution in [0.3, 0.4) is 0 Å². The van der Waals surface area contributed by atoms with Crippen molar-refractivity contribution < 1.29 is 20.4 Å². The molecule has 0 N–H and O–H groups in total. The number of nitrogens with zero attached hydrogens (tertiary/aromatic N) is 2. The van der Waals surface area contributed by atoms with E-state index in [9.17, 15) is 0 Å². The van der Waals surface area contributed by atoms with Crippen LogP contribution in [-0.2, 0) is 46.1 Å². The van der Waals surface area contributed by atoms with Crippen LogP contribution in [0.5, 0.6) is 0 Å². The van der Waals surface area contributed by atoms with Crippen molar-refractivity contribution in [2.24, 2.45) is 9.98 Å². The molecule has 0 atom stereocenters. The van der Waals surface area contributed by atoms with Crippen LogP contribution in [-0.4, -0.2) is 11.9 Å². The number of rotatable bonds is 19. The molecule has 0 heterocycles. The molecule has 0 aliphatic carbocycles. The van der Waals surface area contributed by atoms with Crippen LogP contribution in [0.25, 0.3) is 0 Å². The molecular formula is C35H54N2Pd. The molecule has 2 aromatic carbocycles. The zero-order valence-corrected chi connectivity index (χ0v) is 26.6. The average Bonchev–Trinajstić information content (AvgIpc) is 2.91. The molecule has 0 bridgehead atoms. The Hall–Kier alpha value is -1.56. The Morgan fingerprint density at radius 1 is 0.526 bits per heavy atom. The minimum Gasteiger partial charge on any atom is -0.255 e. The third kappa shape index (κ3) is 14.0. The molecule has 2 nitrogen and oxygen atoms in total. The van der Waals surface area contributed by atoms with Crippen LogP contribution >= 0.6 is 0 Å². The maximum atomic E-state index is 5.19. The second kappa shape index (κ2) is 21.3. The van der Waals surface area contributed by atoms with Gasteiger partial charge in [-0.2, -0.15) is 0 Å². The van der Waals surface area contributed by atoms with Gasteiger partial charge in [-0.3, -0.25) is 9.98 Å². The third-order valence-corrected chi connectivity index (χ3v) is 7.02. The first-order valence-electron chi connectivity index (χ1n) is 15.5. The van der Waals surface area contributed by atoms with Gasteiger partial charge in [-0.25, -0.2) is 0 Å². The number of hydrogen-bond donors (Lipinski definition) is 0. The first-order valence-corrected chi connectivity index (χ1v) is 15.5. The monoisotopic (exact) mass is 608 g/mol. The second-order valence-corrected chi connectivity index (χ2v) is 10.7. The molecule has 0 aromatic heterocycles. The van der Waals surface area contributed by atoms with Gasteiger partial charge in [0.05, 0.1) is 17.1 Å². The van der Waals surface area contributed by atoms with E-state index in [1.165, 1.54) is 86.5 Å². The first-order chi connectivity index (χ1) is 18.1. The average molecular weight is 609 g/mol. The van der Waals surface area contributed by atoms with E-state index in [-0.39, 0.29) is 20.4 Å². The molecule has 0 aliphatic heterocycles. The summed E-state index contributed by atoms with van der Waals surface area (Å²) in [5, 5.41) is 0. The van der Waals surface area contributed by atoms with E-state index in [2.05, 4.69) is 77.2 Å². The molecule has 0 saturated carbocycles. The van der Waals surface area contributed by atoms with E-state index in [4.69, 9.17) is 9.98 Å². The molecule has 0 aliphatic rings. The predicted octanol–water partition coefficient (Wildman–Crippen LogP) is 11.1. The molecule has 0 fully saturated rings. The fourth-order valence-corrected chi connectivity index (χ4v) is 4.75. The van der Waals surface area contributed by atoms with Crippen LogP contribution in [0.15, 0.2) is 46.4 Å². The molecule has 0 unspecified atom stereocenters. The minimum absolute atomic E-state index is 0. The van der Waals surface area contributed by atoms with E-state index >= 15 is 0 Å². The third-order valence-electron chi connectivity index (χ3n) is 7.02. The predicted molar refractivity (Wildman–Crippen MR) is 167 cm³/mol. The van der Waals surface area contributed by atoms with E-state index in [1.807, 2.05) is 0 Å². The van der Waals surface area contributed by atoms with Crippen molar-refractivity contribution in [1.29, 1.82) is 0 Å². The van der Waals surface area contributed by atoms with Gasteiger partial charge in [0.2, 0.25) is 0 Å². The van der Waals surface area contributed by atoms with Crippen LogP contribution in [0.1, 0.15) is 134 Å². The van der Waals surface area contributed by atoms with Crippen molar-refractivity contribution in [3.8, 4) is 0 Å². The maximum Gasteiger partial charge on any atom is 0.0639 e. The summed E-state index contributed by atoms with van der Waals surface area (Å²) in [4.78, 5) is 10.2. The Bertz CT molecular complexity index is 908. The van der Waals surface area contributed by atoms with Crippen molar-refractivity contribution in [3.63, 3.8) is 0 Å². The molecule has 2 rings (SSSR count). The van der Waals surface area contributed by atoms with E-state index < -0.39 is 0 Å². The number of unbranched alkanes of at least 4 members (excludes halogenated alkanes) is 6. The van der Waals surface area contributed by atoms with Gasteiger partial charge in [0.1, 0.15) is 0 Å². The molecule has 2 aromatic rings. The number of aliphatic imine (C=N–C) groups is 2. The summed E-state index contributed by atoms with van der Waals surface area (Å²) >= 11 is 0. The van der Waals surface area contributed by atoms with Gasteiger partial charge >= 0.3 is 0 Å². The largest absolute Gasteiger partial charge is 0.255 e. The summed E-state index contributed by atoms with van der Waals surface area (Å²) in [6, 6.07) is 14.0. The summed E-state index contributed by atoms with van der Waals surface area (Å²) < 4.78 is 0. The van der Waals surface area contributed by atoms with Gasteiger partial charge in [-0.1, -0.05) is 85.3 Å². The summed E-state index contributed by atoms with van der Waals surface area (Å²) in [6.07, 6.45) is 21.1. The summed E-state index contributed by atoms with van der Waals surface area (Å²) in [6.45, 7) is 11.3. The van der Waals surface area contributed by atoms with Gasteiger partial charge in [0, 0.05) is 26.6 Å². The first kappa shape index (κ1) is 34.5. The maximum absolute atomic E-state index is 5.19. The molecule has 3 heteroatoms. The molecule has 0 radical (unpaired) electrons. The van der Waals surface area contributed by atoms with Crippen molar-refractivity contribution in [1.82, 2.24) is 0 Å². The Labute approximate surface area is 248 Å². The number of aryl methyl sites for hydroxylation is 4. The molecule has 38 heavy (non-hydrogen) atoms. The van der Waals surface area contributed by atoms with Gasteiger partial charge in [-0.15, -0.1) is 0 Å². The van der Waals surface area contributed by atoms with Crippen molar-refractivity contribution in [3.05, 3.63) is 58.7 Å². The van der Waals surface area contributed by atoms with Crippen LogP contribution in [0, 0.1) is 0 Å². The molecule has 0 spiro atoms. The standard InChI is InChI=1S/C35H54N2.Pd/c1-6-11-16-21-33(37-35-26-31(19-14-9-4)23-32(27-35)20-15-10-5)28-36-34-24-29(17-12-7-2)22-30(25-34)18-13-8-3;/h22-28H,6-21H2,1-5H3;. The molecule has 0 saturated heterocycles. The normalized spacial score (nSPS) is 11.8. The van der Waals surface area contributed by atoms with Crippen molar-refractivity contribution in [2.75, 3.05) is 0 Å². The van der Waals surface area contributed by atoms with Crippen LogP contribution in [0.2, 0.25) is 0 Å². The molecule has 0 amide bonds. The summed E-state index contributed by atoms with van der Waals surface area (Å²) in [7, 11) is 0. The fraction of sp³-hybridized carbons (Fsp3) is 0.600. The SMILES string of the molecule is CCCCCC(C=Nc1cc(CCCC)cc(CCCC)c1)=Nc1cc(CCCC)cc(CCCC)c1.[Pd]. The Morgan fingerprint density at radius 2 is 0.921 bits per heavy atom. The quantitative estimate of drug-likeness (QED) is 0.0861. The van der Waals surface area contributed by atoms with Crippen molar-refractivity contribution >= 4 is 23.3 Å². The smallest absolute Gasteiger partial charge is 0.0639 e. The number of benzene rings is 2. The van der Waals surface area contributed by atoms with Gasteiger partial charge < -0.3 is 0 Å². The van der Waals surface area contributed by atoms with E-state index in [0.717, 1.165) is 55.6 Å². The second-order valence-electron chi connectivity index (χ2n) is 10.7. The summed E-state index contributed by atoms with van der Waals surface area (Å²) in [5.41, 5.74) is 9.02. The van der Waals surface area contributed by atoms with Crippen LogP contribution in [0.4, 0.5) is 11.4 Å². The van der Waals surface area contributed by atoms with Crippen LogP contribution < -0.4 is 0 Å². The Kier molecular flexibility index (Phi) is 19.3. The van der Waals surface area contributed by atoms with Crippen molar-refractivity contribution in [2.45, 2.75) is 137 Å². The Balaban J connectivity index is 0.00000722. The van der Waals surface area contributed by atoms with Gasteiger partial charge in [0.15, 0.2) is 0 Å². The number of hydrogen-bond acceptors (Lipinski definition) is 2. The molecule has 214 valence electrons. The summed E-state index contributed by atoms with van der Waals surface area (Å²) in [5.74, 6) is 0. The zero-order valence-electron chi connectivity index (χ0n) is 25.1. The van der Waals surface area contributed by atoms with Gasteiger partial charge in [-0.05, 0) is 111 Å². The molecular weight excluding hydrogens is 555 g/mol. The zero-order chi connectivity index (χ0) is 26.7. The topological polar surface area (TPSA) is 24.7 Å². The van der Waals surface area contributed by atoms with Gasteiger partial charge in [0.25, 0.3) is 0 Å². The Morgan fingerprint density at radius 3 is 1.32 bits per heavy atom. The minimum atomic E-state index is 0. The van der Waals surface area contributed by atoms with E-state index in [0.29, 0.717) is 0 Å².